The van der Waals surface area contributed by atoms with Gasteiger partial charge in [0.05, 0.1) is 12.2 Å². The highest BCUT2D eigenvalue weighted by Gasteiger charge is 2.28. The molecular formula is C17H24N2O5. The van der Waals surface area contributed by atoms with Crippen molar-refractivity contribution in [3.63, 3.8) is 0 Å². The Hall–Kier alpha value is -2.57. The topological polar surface area (TPSA) is 108 Å². The molecule has 1 aromatic carbocycles. The van der Waals surface area contributed by atoms with Crippen LogP contribution < -0.4 is 15.8 Å². The molecule has 0 heterocycles. The number of hydrogen-bond acceptors (Lipinski definition) is 5. The van der Waals surface area contributed by atoms with Gasteiger partial charge in [0.2, 0.25) is 0 Å². The molecule has 0 spiro atoms. The summed E-state index contributed by atoms with van der Waals surface area (Å²) in [4.78, 5) is 35.0. The molecule has 0 aliphatic carbocycles. The van der Waals surface area contributed by atoms with Crippen LogP contribution in [0.3, 0.4) is 0 Å². The molecule has 3 amide bonds. The third kappa shape index (κ3) is 6.28. The third-order valence-electron chi connectivity index (χ3n) is 3.00. The van der Waals surface area contributed by atoms with Crippen molar-refractivity contribution in [3.05, 3.63) is 29.8 Å². The van der Waals surface area contributed by atoms with Crippen molar-refractivity contribution < 1.29 is 23.9 Å². The number of amides is 3. The van der Waals surface area contributed by atoms with Crippen LogP contribution >= 0.6 is 0 Å². The highest BCUT2D eigenvalue weighted by atomic mass is 16.5. The van der Waals surface area contributed by atoms with E-state index in [4.69, 9.17) is 15.2 Å². The fourth-order valence-electron chi connectivity index (χ4n) is 1.84. The molecule has 0 aliphatic rings. The molecule has 0 radical (unpaired) electrons. The summed E-state index contributed by atoms with van der Waals surface area (Å²) in [5, 5.41) is 1.92. The molecule has 0 fully saturated rings. The lowest BCUT2D eigenvalue weighted by atomic mass is 10.1. The number of carbonyl (C=O) groups is 3. The van der Waals surface area contributed by atoms with Crippen LogP contribution in [0.2, 0.25) is 0 Å². The van der Waals surface area contributed by atoms with Gasteiger partial charge in [0.25, 0.3) is 5.91 Å². The minimum absolute atomic E-state index is 0.258. The molecule has 1 rings (SSSR count). The SMILES string of the molecule is CC(C)COc1cccc(C(=O)OC(C(=O)NC(N)=O)C(C)C)c1. The predicted molar refractivity (Wildman–Crippen MR) is 88.5 cm³/mol. The molecule has 0 aromatic heterocycles. The van der Waals surface area contributed by atoms with Gasteiger partial charge in [0.15, 0.2) is 6.10 Å². The van der Waals surface area contributed by atoms with E-state index in [0.717, 1.165) is 0 Å². The molecule has 0 aliphatic heterocycles. The summed E-state index contributed by atoms with van der Waals surface area (Å²) in [5.74, 6) is -0.862. The van der Waals surface area contributed by atoms with Crippen molar-refractivity contribution in [1.82, 2.24) is 5.32 Å². The van der Waals surface area contributed by atoms with Crippen molar-refractivity contribution in [2.24, 2.45) is 17.6 Å². The number of primary amides is 1. The number of ether oxygens (including phenoxy) is 2. The number of urea groups is 1. The molecule has 1 atom stereocenters. The quantitative estimate of drug-likeness (QED) is 0.741. The summed E-state index contributed by atoms with van der Waals surface area (Å²) in [6.07, 6.45) is -1.12. The van der Waals surface area contributed by atoms with Crippen LogP contribution in [0, 0.1) is 11.8 Å². The first-order valence-electron chi connectivity index (χ1n) is 7.74. The molecular weight excluding hydrogens is 312 g/mol. The largest absolute Gasteiger partial charge is 0.493 e. The highest BCUT2D eigenvalue weighted by molar-refractivity contribution is 5.98. The number of rotatable bonds is 7. The van der Waals surface area contributed by atoms with E-state index in [2.05, 4.69) is 0 Å². The van der Waals surface area contributed by atoms with Crippen LogP contribution in [0.25, 0.3) is 0 Å². The van der Waals surface area contributed by atoms with Crippen molar-refractivity contribution in [1.29, 1.82) is 0 Å². The minimum atomic E-state index is -1.12. The maximum Gasteiger partial charge on any atom is 0.339 e. The lowest BCUT2D eigenvalue weighted by Crippen LogP contribution is -2.45. The van der Waals surface area contributed by atoms with E-state index in [-0.39, 0.29) is 11.5 Å². The second-order valence-electron chi connectivity index (χ2n) is 6.16. The number of carbonyl (C=O) groups excluding carboxylic acids is 3. The monoisotopic (exact) mass is 336 g/mol. The summed E-state index contributed by atoms with van der Waals surface area (Å²) in [6, 6.07) is 5.52. The van der Waals surface area contributed by atoms with Crippen LogP contribution in [0.4, 0.5) is 4.79 Å². The Morgan fingerprint density at radius 3 is 2.38 bits per heavy atom. The Morgan fingerprint density at radius 2 is 1.83 bits per heavy atom. The summed E-state index contributed by atoms with van der Waals surface area (Å²) in [6.45, 7) is 7.95. The summed E-state index contributed by atoms with van der Waals surface area (Å²) in [7, 11) is 0. The normalized spacial score (nSPS) is 11.9. The first-order chi connectivity index (χ1) is 11.2. The zero-order valence-corrected chi connectivity index (χ0v) is 14.4. The number of imide groups is 1. The van der Waals surface area contributed by atoms with Crippen molar-refractivity contribution in [2.75, 3.05) is 6.61 Å². The van der Waals surface area contributed by atoms with Crippen LogP contribution in [0.5, 0.6) is 5.75 Å². The number of nitrogens with one attached hydrogen (secondary N) is 1. The van der Waals surface area contributed by atoms with E-state index >= 15 is 0 Å². The Kier molecular flexibility index (Phi) is 7.23. The van der Waals surface area contributed by atoms with E-state index in [1.807, 2.05) is 19.2 Å². The molecule has 3 N–H and O–H groups in total. The number of benzene rings is 1. The standard InChI is InChI=1S/C17H24N2O5/c1-10(2)9-23-13-7-5-6-12(8-13)16(21)24-14(11(3)4)15(20)19-17(18)22/h5-8,10-11,14H,9H2,1-4H3,(H3,18,19,20,22). The molecule has 7 heteroatoms. The summed E-state index contributed by atoms with van der Waals surface area (Å²) < 4.78 is 10.8. The molecule has 132 valence electrons. The van der Waals surface area contributed by atoms with Crippen LogP contribution in [-0.4, -0.2) is 30.6 Å². The second kappa shape index (κ2) is 8.90. The Morgan fingerprint density at radius 1 is 1.17 bits per heavy atom. The van der Waals surface area contributed by atoms with E-state index in [9.17, 15) is 14.4 Å². The zero-order valence-electron chi connectivity index (χ0n) is 14.4. The fraction of sp³-hybridized carbons (Fsp3) is 0.471. The van der Waals surface area contributed by atoms with Crippen LogP contribution in [0.15, 0.2) is 24.3 Å². The molecule has 0 saturated carbocycles. The Bertz CT molecular complexity index is 598. The van der Waals surface area contributed by atoms with E-state index in [1.165, 1.54) is 0 Å². The van der Waals surface area contributed by atoms with Crippen molar-refractivity contribution in [3.8, 4) is 5.75 Å². The lowest BCUT2D eigenvalue weighted by molar-refractivity contribution is -0.130. The van der Waals surface area contributed by atoms with E-state index < -0.39 is 24.0 Å². The molecule has 7 nitrogen and oxygen atoms in total. The first kappa shape index (κ1) is 19.5. The van der Waals surface area contributed by atoms with Gasteiger partial charge < -0.3 is 15.2 Å². The van der Waals surface area contributed by atoms with Gasteiger partial charge in [0, 0.05) is 0 Å². The fourth-order valence-corrected chi connectivity index (χ4v) is 1.84. The van der Waals surface area contributed by atoms with Crippen molar-refractivity contribution >= 4 is 17.9 Å². The zero-order chi connectivity index (χ0) is 18.3. The smallest absolute Gasteiger partial charge is 0.339 e. The molecule has 1 unspecified atom stereocenters. The van der Waals surface area contributed by atoms with Gasteiger partial charge >= 0.3 is 12.0 Å². The van der Waals surface area contributed by atoms with Gasteiger partial charge in [-0.2, -0.15) is 0 Å². The van der Waals surface area contributed by atoms with Gasteiger partial charge in [0.1, 0.15) is 5.75 Å². The minimum Gasteiger partial charge on any atom is -0.493 e. The molecule has 1 aromatic rings. The van der Waals surface area contributed by atoms with Crippen molar-refractivity contribution in [2.45, 2.75) is 33.8 Å². The Balaban J connectivity index is 2.82. The predicted octanol–water partition coefficient (Wildman–Crippen LogP) is 2.10. The molecule has 24 heavy (non-hydrogen) atoms. The summed E-state index contributed by atoms with van der Waals surface area (Å²) >= 11 is 0. The van der Waals surface area contributed by atoms with E-state index in [0.29, 0.717) is 18.3 Å². The second-order valence-corrected chi connectivity index (χ2v) is 6.16. The van der Waals surface area contributed by atoms with Gasteiger partial charge in [-0.1, -0.05) is 33.8 Å². The molecule has 0 bridgehead atoms. The van der Waals surface area contributed by atoms with Crippen LogP contribution in [-0.2, 0) is 9.53 Å². The number of esters is 1. The lowest BCUT2D eigenvalue weighted by Gasteiger charge is -2.20. The van der Waals surface area contributed by atoms with Gasteiger partial charge in [-0.25, -0.2) is 9.59 Å². The molecule has 0 saturated heterocycles. The van der Waals surface area contributed by atoms with Gasteiger partial charge in [-0.15, -0.1) is 0 Å². The third-order valence-corrected chi connectivity index (χ3v) is 3.00. The van der Waals surface area contributed by atoms with Gasteiger partial charge in [-0.3, -0.25) is 10.1 Å². The number of hydrogen-bond donors (Lipinski definition) is 2. The van der Waals surface area contributed by atoms with Crippen LogP contribution in [0.1, 0.15) is 38.1 Å². The van der Waals surface area contributed by atoms with Gasteiger partial charge in [-0.05, 0) is 30.0 Å². The first-order valence-corrected chi connectivity index (χ1v) is 7.74. The maximum atomic E-state index is 12.3. The number of nitrogens with two attached hydrogens (primary N) is 1. The highest BCUT2D eigenvalue weighted by Crippen LogP contribution is 2.17. The van der Waals surface area contributed by atoms with E-state index in [1.54, 1.807) is 38.1 Å². The Labute approximate surface area is 141 Å². The summed E-state index contributed by atoms with van der Waals surface area (Å²) in [5.41, 5.74) is 5.18. The average molecular weight is 336 g/mol. The average Bonchev–Trinajstić information content (AvgIpc) is 2.49. The maximum absolute atomic E-state index is 12.3.